The van der Waals surface area contributed by atoms with Gasteiger partial charge in [0.15, 0.2) is 0 Å². The number of hydrogen-bond acceptors (Lipinski definition) is 5. The maximum atomic E-state index is 12.0. The minimum absolute atomic E-state index is 0.0867. The quantitative estimate of drug-likeness (QED) is 0.369. The summed E-state index contributed by atoms with van der Waals surface area (Å²) in [4.78, 5) is 27.1. The second-order valence-corrected chi connectivity index (χ2v) is 8.14. The predicted octanol–water partition coefficient (Wildman–Crippen LogP) is 0.673. The summed E-state index contributed by atoms with van der Waals surface area (Å²) >= 11 is 5.07. The maximum Gasteiger partial charge on any atom is 0.409 e. The number of quaternary nitrogens is 1. The molecule has 158 valence electrons. The summed E-state index contributed by atoms with van der Waals surface area (Å²) in [6, 6.07) is 1.99. The van der Waals surface area contributed by atoms with E-state index >= 15 is 0 Å². The average Bonchev–Trinajstić information content (AvgIpc) is 2.70. The number of nitrogens with zero attached hydrogens (tertiary/aromatic N) is 3. The lowest BCUT2D eigenvalue weighted by Gasteiger charge is -2.47. The minimum Gasteiger partial charge on any atom is -0.763 e. The Kier molecular flexibility index (Phi) is 8.32. The molecule has 0 saturated carbocycles. The SMILES string of the molecule is CCOC(=O)N1CCC2(CC1)C(=C=[N-])C(=S)NC(=O)C2C#N.C[NH+]1CCCCC1. The van der Waals surface area contributed by atoms with Gasteiger partial charge in [0.25, 0.3) is 0 Å². The van der Waals surface area contributed by atoms with Gasteiger partial charge in [-0.1, -0.05) is 12.2 Å². The van der Waals surface area contributed by atoms with Crippen molar-refractivity contribution >= 4 is 35.1 Å². The Labute approximate surface area is 177 Å². The second kappa shape index (κ2) is 10.5. The molecule has 3 rings (SSSR count). The number of carbonyl (C=O) groups excluding carboxylic acids is 2. The van der Waals surface area contributed by atoms with Crippen molar-refractivity contribution in [2.75, 3.05) is 39.8 Å². The van der Waals surface area contributed by atoms with Gasteiger partial charge in [-0.3, -0.25) is 10.7 Å². The first-order chi connectivity index (χ1) is 13.9. The fourth-order valence-electron chi connectivity index (χ4n) is 4.21. The molecule has 0 aliphatic carbocycles. The molecule has 8 nitrogen and oxygen atoms in total. The van der Waals surface area contributed by atoms with Gasteiger partial charge in [-0.25, -0.2) is 4.79 Å². The molecule has 2 N–H and O–H groups in total. The van der Waals surface area contributed by atoms with Crippen LogP contribution in [0.4, 0.5) is 4.79 Å². The van der Waals surface area contributed by atoms with E-state index in [9.17, 15) is 20.3 Å². The van der Waals surface area contributed by atoms with Crippen LogP contribution in [0.15, 0.2) is 5.57 Å². The molecule has 0 aromatic heterocycles. The van der Waals surface area contributed by atoms with E-state index in [2.05, 4.69) is 12.4 Å². The Morgan fingerprint density at radius 3 is 2.45 bits per heavy atom. The van der Waals surface area contributed by atoms with Gasteiger partial charge < -0.3 is 25.3 Å². The van der Waals surface area contributed by atoms with Crippen LogP contribution in [-0.4, -0.2) is 67.6 Å². The fraction of sp³-hybridized carbons (Fsp3) is 0.700. The van der Waals surface area contributed by atoms with Crippen molar-refractivity contribution in [1.29, 1.82) is 5.26 Å². The number of nitrogens with one attached hydrogen (secondary N) is 2. The number of piperidine rings is 3. The molecule has 0 aromatic rings. The van der Waals surface area contributed by atoms with Crippen LogP contribution in [0, 0.1) is 22.7 Å². The highest BCUT2D eigenvalue weighted by molar-refractivity contribution is 7.80. The van der Waals surface area contributed by atoms with E-state index < -0.39 is 23.3 Å². The van der Waals surface area contributed by atoms with Gasteiger partial charge in [0.1, 0.15) is 10.9 Å². The van der Waals surface area contributed by atoms with Gasteiger partial charge in [-0.2, -0.15) is 5.26 Å². The van der Waals surface area contributed by atoms with Crippen molar-refractivity contribution < 1.29 is 19.2 Å². The Bertz CT molecular complexity index is 727. The Balaban J connectivity index is 0.000000360. The zero-order chi connectivity index (χ0) is 21.4. The zero-order valence-electron chi connectivity index (χ0n) is 17.1. The first-order valence-electron chi connectivity index (χ1n) is 10.1. The molecule has 1 unspecified atom stereocenters. The molecule has 3 fully saturated rings. The third-order valence-electron chi connectivity index (χ3n) is 5.91. The number of nitriles is 1. The van der Waals surface area contributed by atoms with Crippen LogP contribution in [0.1, 0.15) is 39.0 Å². The summed E-state index contributed by atoms with van der Waals surface area (Å²) in [6.07, 6.45) is 4.61. The monoisotopic (exact) mass is 419 g/mol. The van der Waals surface area contributed by atoms with Crippen molar-refractivity contribution in [3.8, 4) is 6.07 Å². The highest BCUT2D eigenvalue weighted by Gasteiger charge is 2.52. The summed E-state index contributed by atoms with van der Waals surface area (Å²) in [5.74, 6) is 0.593. The van der Waals surface area contributed by atoms with Crippen LogP contribution in [0.2, 0.25) is 0 Å². The summed E-state index contributed by atoms with van der Waals surface area (Å²) < 4.78 is 4.95. The highest BCUT2D eigenvalue weighted by Crippen LogP contribution is 2.46. The molecule has 29 heavy (non-hydrogen) atoms. The normalized spacial score (nSPS) is 24.0. The first kappa shape index (κ1) is 23.0. The summed E-state index contributed by atoms with van der Waals surface area (Å²) in [5.41, 5.74) is -0.650. The van der Waals surface area contributed by atoms with Crippen molar-refractivity contribution in [2.24, 2.45) is 11.3 Å². The Morgan fingerprint density at radius 1 is 1.38 bits per heavy atom. The van der Waals surface area contributed by atoms with E-state index in [4.69, 9.17) is 17.0 Å². The maximum absolute atomic E-state index is 12.0. The minimum atomic E-state index is -0.974. The van der Waals surface area contributed by atoms with E-state index in [-0.39, 0.29) is 17.2 Å². The molecule has 0 bridgehead atoms. The lowest BCUT2D eigenvalue weighted by molar-refractivity contribution is -0.884. The predicted molar refractivity (Wildman–Crippen MR) is 112 cm³/mol. The molecule has 3 heterocycles. The molecule has 0 aromatic carbocycles. The van der Waals surface area contributed by atoms with Crippen molar-refractivity contribution in [2.45, 2.75) is 39.0 Å². The van der Waals surface area contributed by atoms with Gasteiger partial charge >= 0.3 is 6.09 Å². The molecular formula is C20H29N5O3S. The number of thiocarbonyl (C=S) groups is 1. The van der Waals surface area contributed by atoms with Crippen LogP contribution < -0.4 is 10.2 Å². The van der Waals surface area contributed by atoms with Crippen molar-refractivity contribution in [3.05, 3.63) is 11.0 Å². The van der Waals surface area contributed by atoms with Crippen molar-refractivity contribution in [3.63, 3.8) is 0 Å². The standard InChI is InChI=1S/C14H15N4O3S.C6H13N/c1-2-21-13(20)18-5-3-14(4-6-18)9(7-15)11(19)17-12(22)10(14)8-16;1-7-5-3-2-4-6-7/h9H,2-6H2,1H3,(H,17,19,22);2-6H2,1H3/q-1;/p+1. The Hall–Kier alpha value is -2.27. The largest absolute Gasteiger partial charge is 0.763 e. The second-order valence-electron chi connectivity index (χ2n) is 7.73. The summed E-state index contributed by atoms with van der Waals surface area (Å²) in [5, 5.41) is 21.2. The topological polar surface area (TPSA) is 109 Å². The molecule has 3 saturated heterocycles. The number of likely N-dealkylation sites (tertiary alicyclic amines) is 2. The molecule has 2 amide bonds. The summed E-state index contributed by atoms with van der Waals surface area (Å²) in [6.45, 7) is 5.44. The third-order valence-corrected chi connectivity index (χ3v) is 6.21. The third kappa shape index (κ3) is 5.21. The van der Waals surface area contributed by atoms with Crippen LogP contribution in [0.5, 0.6) is 0 Å². The molecule has 1 spiro atoms. The molecule has 3 aliphatic rings. The van der Waals surface area contributed by atoms with E-state index in [1.807, 2.05) is 11.9 Å². The lowest BCUT2D eigenvalue weighted by atomic mass is 9.62. The summed E-state index contributed by atoms with van der Waals surface area (Å²) in [7, 11) is 2.28. The van der Waals surface area contributed by atoms with E-state index in [0.29, 0.717) is 25.9 Å². The van der Waals surface area contributed by atoms with Crippen molar-refractivity contribution in [1.82, 2.24) is 10.2 Å². The molecular weight excluding hydrogens is 390 g/mol. The molecule has 3 aliphatic heterocycles. The average molecular weight is 420 g/mol. The molecule has 9 heteroatoms. The molecule has 1 atom stereocenters. The Morgan fingerprint density at radius 2 is 2.00 bits per heavy atom. The van der Waals surface area contributed by atoms with Crippen LogP contribution in [-0.2, 0) is 9.53 Å². The van der Waals surface area contributed by atoms with Crippen LogP contribution >= 0.6 is 12.2 Å². The smallest absolute Gasteiger partial charge is 0.409 e. The van der Waals surface area contributed by atoms with Gasteiger partial charge in [0, 0.05) is 24.1 Å². The number of ether oxygens (including phenoxy) is 1. The van der Waals surface area contributed by atoms with E-state index in [0.717, 1.165) is 0 Å². The highest BCUT2D eigenvalue weighted by atomic mass is 32.1. The van der Waals surface area contributed by atoms with Crippen LogP contribution in [0.25, 0.3) is 5.41 Å². The van der Waals surface area contributed by atoms with Crippen LogP contribution in [0.3, 0.4) is 0 Å². The van der Waals surface area contributed by atoms with Gasteiger partial charge in [-0.05, 0) is 39.0 Å². The van der Waals surface area contributed by atoms with E-state index in [1.165, 1.54) is 37.3 Å². The number of carbonyl (C=O) groups is 2. The lowest BCUT2D eigenvalue weighted by Crippen LogP contribution is -3.09. The number of rotatable bonds is 1. The number of amides is 2. The molecule has 0 radical (unpaired) electrons. The van der Waals surface area contributed by atoms with E-state index in [1.54, 1.807) is 11.8 Å². The fourth-order valence-corrected chi connectivity index (χ4v) is 4.56. The zero-order valence-corrected chi connectivity index (χ0v) is 17.9. The number of hydrogen-bond donors (Lipinski definition) is 2. The van der Waals surface area contributed by atoms with Gasteiger partial charge in [0.05, 0.1) is 32.8 Å². The first-order valence-corrected chi connectivity index (χ1v) is 10.6. The van der Waals surface area contributed by atoms with Gasteiger partial charge in [-0.15, -0.1) is 0 Å². The van der Waals surface area contributed by atoms with Gasteiger partial charge in [0.2, 0.25) is 5.91 Å².